The van der Waals surface area contributed by atoms with Gasteiger partial charge in [0.2, 0.25) is 5.91 Å². The summed E-state index contributed by atoms with van der Waals surface area (Å²) in [6.07, 6.45) is 1.49. The molecule has 0 radical (unpaired) electrons. The number of nitrogens with one attached hydrogen (secondary N) is 3. The Morgan fingerprint density at radius 3 is 2.81 bits per heavy atom. The molecule has 10 heteroatoms. The standard InChI is InChI=1S/C22H23ClN6O3/c1-13(22(31)26-9-10-32-3)27-18-11-19(30)29(2)20-14(18)5-4-6-17(20)28-16-7-8-25-21(23)15(16)12-24/h4-8,11,13,27H,9-10H2,1-3H3,(H,25,28)(H,26,31)/t13-/m1/s1. The minimum Gasteiger partial charge on any atom is -0.383 e. The zero-order chi connectivity index (χ0) is 23.3. The van der Waals surface area contributed by atoms with Crippen LogP contribution in [0.4, 0.5) is 17.1 Å². The minimum atomic E-state index is -0.581. The Balaban J connectivity index is 2.01. The van der Waals surface area contributed by atoms with Crippen LogP contribution in [0.1, 0.15) is 12.5 Å². The number of fused-ring (bicyclic) bond motifs is 1. The molecule has 3 rings (SSSR count). The van der Waals surface area contributed by atoms with Gasteiger partial charge >= 0.3 is 0 Å². The lowest BCUT2D eigenvalue weighted by molar-refractivity contribution is -0.121. The summed E-state index contributed by atoms with van der Waals surface area (Å²) < 4.78 is 6.45. The fraction of sp³-hybridized carbons (Fsp3) is 0.273. The van der Waals surface area contributed by atoms with E-state index in [2.05, 4.69) is 20.9 Å². The van der Waals surface area contributed by atoms with Crippen LogP contribution in [0, 0.1) is 11.3 Å². The first-order chi connectivity index (χ1) is 15.4. The monoisotopic (exact) mass is 454 g/mol. The molecule has 0 saturated carbocycles. The maximum atomic E-state index is 12.7. The fourth-order valence-corrected chi connectivity index (χ4v) is 3.47. The molecule has 0 spiro atoms. The number of ether oxygens (including phenoxy) is 1. The third kappa shape index (κ3) is 4.82. The Morgan fingerprint density at radius 2 is 2.09 bits per heavy atom. The van der Waals surface area contributed by atoms with Crippen molar-refractivity contribution in [2.24, 2.45) is 7.05 Å². The van der Waals surface area contributed by atoms with Crippen molar-refractivity contribution in [1.82, 2.24) is 14.9 Å². The van der Waals surface area contributed by atoms with Crippen LogP contribution in [0.2, 0.25) is 5.15 Å². The van der Waals surface area contributed by atoms with Crippen molar-refractivity contribution < 1.29 is 9.53 Å². The summed E-state index contributed by atoms with van der Waals surface area (Å²) in [5.41, 5.74) is 2.14. The van der Waals surface area contributed by atoms with Crippen LogP contribution in [0.15, 0.2) is 41.3 Å². The fourth-order valence-electron chi connectivity index (χ4n) is 3.27. The molecule has 0 aliphatic heterocycles. The zero-order valence-electron chi connectivity index (χ0n) is 17.9. The highest BCUT2D eigenvalue weighted by molar-refractivity contribution is 6.31. The van der Waals surface area contributed by atoms with Gasteiger partial charge in [-0.1, -0.05) is 23.7 Å². The number of hydrogen-bond donors (Lipinski definition) is 3. The highest BCUT2D eigenvalue weighted by Crippen LogP contribution is 2.32. The van der Waals surface area contributed by atoms with Crippen molar-refractivity contribution in [3.63, 3.8) is 0 Å². The van der Waals surface area contributed by atoms with E-state index >= 15 is 0 Å². The average Bonchev–Trinajstić information content (AvgIpc) is 2.77. The van der Waals surface area contributed by atoms with Gasteiger partial charge in [0.1, 0.15) is 22.8 Å². The Hall–Kier alpha value is -3.61. The SMILES string of the molecule is COCCNC(=O)[C@@H](C)Nc1cc(=O)n(C)c2c(Nc3ccnc(Cl)c3C#N)cccc12. The van der Waals surface area contributed by atoms with E-state index < -0.39 is 6.04 Å². The Labute approximate surface area is 190 Å². The normalized spacial score (nSPS) is 11.6. The number of nitrogens with zero attached hydrogens (tertiary/aromatic N) is 3. The number of hydrogen-bond acceptors (Lipinski definition) is 7. The molecule has 0 aliphatic carbocycles. The lowest BCUT2D eigenvalue weighted by atomic mass is 10.1. The summed E-state index contributed by atoms with van der Waals surface area (Å²) in [5, 5.41) is 19.3. The number of aromatic nitrogens is 2. The molecular formula is C22H23ClN6O3. The van der Waals surface area contributed by atoms with Crippen molar-refractivity contribution in [3.8, 4) is 6.07 Å². The first-order valence-electron chi connectivity index (χ1n) is 9.85. The molecule has 32 heavy (non-hydrogen) atoms. The summed E-state index contributed by atoms with van der Waals surface area (Å²) in [5.74, 6) is -0.213. The largest absolute Gasteiger partial charge is 0.383 e. The van der Waals surface area contributed by atoms with Crippen molar-refractivity contribution in [3.05, 3.63) is 57.6 Å². The van der Waals surface area contributed by atoms with Gasteiger partial charge in [-0.2, -0.15) is 5.26 Å². The van der Waals surface area contributed by atoms with Gasteiger partial charge in [-0.05, 0) is 19.1 Å². The molecule has 0 bridgehead atoms. The highest BCUT2D eigenvalue weighted by atomic mass is 35.5. The van der Waals surface area contributed by atoms with E-state index in [0.717, 1.165) is 5.39 Å². The van der Waals surface area contributed by atoms with Crippen LogP contribution >= 0.6 is 11.6 Å². The second kappa shape index (κ2) is 10.1. The molecule has 1 atom stereocenters. The molecule has 0 fully saturated rings. The predicted molar refractivity (Wildman–Crippen MR) is 124 cm³/mol. The number of carbonyl (C=O) groups excluding carboxylic acids is 1. The molecule has 3 aromatic rings. The lowest BCUT2D eigenvalue weighted by Crippen LogP contribution is -2.39. The van der Waals surface area contributed by atoms with Gasteiger partial charge < -0.3 is 25.3 Å². The van der Waals surface area contributed by atoms with E-state index in [1.165, 1.54) is 16.8 Å². The molecule has 2 aromatic heterocycles. The van der Waals surface area contributed by atoms with E-state index in [1.54, 1.807) is 33.2 Å². The van der Waals surface area contributed by atoms with Crippen molar-refractivity contribution in [2.75, 3.05) is 30.9 Å². The zero-order valence-corrected chi connectivity index (χ0v) is 18.7. The van der Waals surface area contributed by atoms with Gasteiger partial charge in [0.25, 0.3) is 5.56 Å². The van der Waals surface area contributed by atoms with Gasteiger partial charge in [0, 0.05) is 44.0 Å². The van der Waals surface area contributed by atoms with E-state index in [-0.39, 0.29) is 22.2 Å². The third-order valence-corrected chi connectivity index (χ3v) is 5.20. The van der Waals surface area contributed by atoms with Gasteiger partial charge in [-0.25, -0.2) is 4.98 Å². The van der Waals surface area contributed by atoms with E-state index in [4.69, 9.17) is 16.3 Å². The van der Waals surface area contributed by atoms with E-state index in [9.17, 15) is 14.9 Å². The first kappa shape index (κ1) is 23.1. The van der Waals surface area contributed by atoms with E-state index in [0.29, 0.717) is 35.7 Å². The number of carbonyl (C=O) groups is 1. The van der Waals surface area contributed by atoms with Gasteiger partial charge in [0.05, 0.1) is 23.5 Å². The number of rotatable bonds is 8. The number of para-hydroxylation sites is 1. The molecule has 1 aromatic carbocycles. The number of amides is 1. The Morgan fingerprint density at radius 1 is 1.31 bits per heavy atom. The number of halogens is 1. The summed E-state index contributed by atoms with van der Waals surface area (Å²) in [7, 11) is 3.22. The molecule has 2 heterocycles. The summed E-state index contributed by atoms with van der Waals surface area (Å²) in [6, 6.07) is 10.0. The maximum Gasteiger partial charge on any atom is 0.252 e. The first-order valence-corrected chi connectivity index (χ1v) is 10.2. The molecular weight excluding hydrogens is 432 g/mol. The predicted octanol–water partition coefficient (Wildman–Crippen LogP) is 2.77. The highest BCUT2D eigenvalue weighted by Gasteiger charge is 2.17. The number of anilines is 3. The molecule has 3 N–H and O–H groups in total. The van der Waals surface area contributed by atoms with Crippen LogP contribution < -0.4 is 21.5 Å². The molecule has 0 aliphatic rings. The quantitative estimate of drug-likeness (QED) is 0.353. The second-order valence-corrected chi connectivity index (χ2v) is 7.43. The summed E-state index contributed by atoms with van der Waals surface area (Å²) in [4.78, 5) is 29.0. The minimum absolute atomic E-state index is 0.0855. The van der Waals surface area contributed by atoms with Crippen LogP contribution in [0.25, 0.3) is 10.9 Å². The maximum absolute atomic E-state index is 12.7. The third-order valence-electron chi connectivity index (χ3n) is 4.92. The molecule has 166 valence electrons. The molecule has 0 unspecified atom stereocenters. The second-order valence-electron chi connectivity index (χ2n) is 7.07. The van der Waals surface area contributed by atoms with Crippen LogP contribution in [0.3, 0.4) is 0 Å². The molecule has 0 saturated heterocycles. The van der Waals surface area contributed by atoms with Crippen molar-refractivity contribution in [1.29, 1.82) is 5.26 Å². The van der Waals surface area contributed by atoms with Crippen molar-refractivity contribution >= 4 is 45.5 Å². The molecule has 1 amide bonds. The number of pyridine rings is 2. The number of benzene rings is 1. The van der Waals surface area contributed by atoms with E-state index in [1.807, 2.05) is 18.2 Å². The van der Waals surface area contributed by atoms with Gasteiger partial charge in [-0.3, -0.25) is 9.59 Å². The average molecular weight is 455 g/mol. The van der Waals surface area contributed by atoms with Crippen molar-refractivity contribution in [2.45, 2.75) is 13.0 Å². The molecule has 9 nitrogen and oxygen atoms in total. The van der Waals surface area contributed by atoms with Crippen LogP contribution in [0.5, 0.6) is 0 Å². The lowest BCUT2D eigenvalue weighted by Gasteiger charge is -2.19. The number of methoxy groups -OCH3 is 1. The summed E-state index contributed by atoms with van der Waals surface area (Å²) in [6.45, 7) is 2.51. The summed E-state index contributed by atoms with van der Waals surface area (Å²) >= 11 is 6.04. The Kier molecular flexibility index (Phi) is 7.30. The smallest absolute Gasteiger partial charge is 0.252 e. The number of aryl methyl sites for hydroxylation is 1. The van der Waals surface area contributed by atoms with Crippen LogP contribution in [-0.2, 0) is 16.6 Å². The van der Waals surface area contributed by atoms with Gasteiger partial charge in [0.15, 0.2) is 0 Å². The Bertz CT molecular complexity index is 1250. The van der Waals surface area contributed by atoms with Gasteiger partial charge in [-0.15, -0.1) is 0 Å². The van der Waals surface area contributed by atoms with Crippen LogP contribution in [-0.4, -0.2) is 41.8 Å². The number of nitriles is 1. The topological polar surface area (TPSA) is 121 Å².